The number of methoxy groups -OCH3 is 1. The number of nitro benzene ring substituents is 1. The van der Waals surface area contributed by atoms with Crippen molar-refractivity contribution in [2.24, 2.45) is 0 Å². The van der Waals surface area contributed by atoms with Crippen LogP contribution < -0.4 is 14.8 Å². The summed E-state index contributed by atoms with van der Waals surface area (Å²) in [5.74, 6) is 1.28. The van der Waals surface area contributed by atoms with Crippen LogP contribution in [-0.2, 0) is 13.2 Å². The SMILES string of the molecule is COc1cc(CNc2ccc([N+](=O)[O-])cc2)cc(Br)c1OCc1ccc(C)cc1. The second kappa shape index (κ2) is 9.43. The first-order valence-electron chi connectivity index (χ1n) is 8.99. The van der Waals surface area contributed by atoms with E-state index >= 15 is 0 Å². The molecular weight excluding hydrogens is 436 g/mol. The van der Waals surface area contributed by atoms with Crippen LogP contribution in [0.2, 0.25) is 0 Å². The summed E-state index contributed by atoms with van der Waals surface area (Å²) in [7, 11) is 1.61. The van der Waals surface area contributed by atoms with Gasteiger partial charge in [0.05, 0.1) is 16.5 Å². The summed E-state index contributed by atoms with van der Waals surface area (Å²) < 4.78 is 12.3. The Kier molecular flexibility index (Phi) is 6.72. The molecule has 3 aromatic rings. The van der Waals surface area contributed by atoms with Crippen LogP contribution in [0, 0.1) is 17.0 Å². The number of hydrogen-bond acceptors (Lipinski definition) is 5. The van der Waals surface area contributed by atoms with E-state index in [1.54, 1.807) is 19.2 Å². The molecule has 3 rings (SSSR count). The molecule has 0 aliphatic carbocycles. The van der Waals surface area contributed by atoms with Gasteiger partial charge in [-0.2, -0.15) is 0 Å². The molecule has 0 fully saturated rings. The van der Waals surface area contributed by atoms with Gasteiger partial charge in [-0.15, -0.1) is 0 Å². The summed E-state index contributed by atoms with van der Waals surface area (Å²) in [6.07, 6.45) is 0. The summed E-state index contributed by atoms with van der Waals surface area (Å²) >= 11 is 3.57. The minimum atomic E-state index is -0.416. The minimum Gasteiger partial charge on any atom is -0.493 e. The average Bonchev–Trinajstić information content (AvgIpc) is 2.72. The molecule has 150 valence electrons. The van der Waals surface area contributed by atoms with Crippen LogP contribution in [0.4, 0.5) is 11.4 Å². The summed E-state index contributed by atoms with van der Waals surface area (Å²) in [6, 6.07) is 18.4. The Bertz CT molecular complexity index is 989. The fraction of sp³-hybridized carbons (Fsp3) is 0.182. The van der Waals surface area contributed by atoms with Gasteiger partial charge in [0.1, 0.15) is 6.61 Å². The monoisotopic (exact) mass is 456 g/mol. The van der Waals surface area contributed by atoms with E-state index < -0.39 is 4.92 Å². The van der Waals surface area contributed by atoms with Crippen LogP contribution in [0.15, 0.2) is 65.1 Å². The van der Waals surface area contributed by atoms with E-state index in [-0.39, 0.29) is 5.69 Å². The van der Waals surface area contributed by atoms with Gasteiger partial charge in [-0.3, -0.25) is 10.1 Å². The van der Waals surface area contributed by atoms with Gasteiger partial charge in [0.15, 0.2) is 11.5 Å². The maximum atomic E-state index is 10.7. The fourth-order valence-corrected chi connectivity index (χ4v) is 3.36. The molecular formula is C22H21BrN2O4. The van der Waals surface area contributed by atoms with Crippen molar-refractivity contribution < 1.29 is 14.4 Å². The van der Waals surface area contributed by atoms with Crippen LogP contribution in [0.5, 0.6) is 11.5 Å². The van der Waals surface area contributed by atoms with Crippen molar-refractivity contribution in [2.45, 2.75) is 20.1 Å². The number of rotatable bonds is 8. The first-order chi connectivity index (χ1) is 14.0. The van der Waals surface area contributed by atoms with Crippen LogP contribution in [0.1, 0.15) is 16.7 Å². The molecule has 0 aromatic heterocycles. The zero-order valence-electron chi connectivity index (χ0n) is 16.1. The number of halogens is 1. The third-order valence-corrected chi connectivity index (χ3v) is 4.96. The highest BCUT2D eigenvalue weighted by molar-refractivity contribution is 9.10. The number of hydrogen-bond donors (Lipinski definition) is 1. The van der Waals surface area contributed by atoms with Gasteiger partial charge < -0.3 is 14.8 Å². The van der Waals surface area contributed by atoms with Crippen LogP contribution in [-0.4, -0.2) is 12.0 Å². The number of benzene rings is 3. The van der Waals surface area contributed by atoms with E-state index in [0.717, 1.165) is 21.3 Å². The van der Waals surface area contributed by atoms with Gasteiger partial charge in [-0.1, -0.05) is 29.8 Å². The highest BCUT2D eigenvalue weighted by atomic mass is 79.9. The molecule has 6 nitrogen and oxygen atoms in total. The molecule has 0 aliphatic heterocycles. The second-order valence-electron chi connectivity index (χ2n) is 6.54. The summed E-state index contributed by atoms with van der Waals surface area (Å²) in [5, 5.41) is 14.0. The Morgan fingerprint density at radius 1 is 1.03 bits per heavy atom. The highest BCUT2D eigenvalue weighted by Crippen LogP contribution is 2.37. The number of anilines is 1. The average molecular weight is 457 g/mol. The zero-order chi connectivity index (χ0) is 20.8. The summed E-state index contributed by atoms with van der Waals surface area (Å²) in [5.41, 5.74) is 4.13. The maximum Gasteiger partial charge on any atom is 0.269 e. The van der Waals surface area contributed by atoms with E-state index in [0.29, 0.717) is 24.7 Å². The van der Waals surface area contributed by atoms with Crippen molar-refractivity contribution in [1.29, 1.82) is 0 Å². The molecule has 0 radical (unpaired) electrons. The molecule has 0 bridgehead atoms. The molecule has 0 unspecified atom stereocenters. The number of nitrogens with one attached hydrogen (secondary N) is 1. The summed E-state index contributed by atoms with van der Waals surface area (Å²) in [6.45, 7) is 3.02. The van der Waals surface area contributed by atoms with Gasteiger partial charge in [0.25, 0.3) is 5.69 Å². The van der Waals surface area contributed by atoms with E-state index in [9.17, 15) is 10.1 Å². The Morgan fingerprint density at radius 3 is 2.34 bits per heavy atom. The van der Waals surface area contributed by atoms with Crippen molar-refractivity contribution in [3.05, 3.63) is 91.9 Å². The normalized spacial score (nSPS) is 10.4. The van der Waals surface area contributed by atoms with Crippen LogP contribution in [0.3, 0.4) is 0 Å². The third kappa shape index (κ3) is 5.48. The molecule has 1 N–H and O–H groups in total. The standard InChI is InChI=1S/C22H21BrN2O4/c1-15-3-5-16(6-4-15)14-29-22-20(23)11-17(12-21(22)28-2)13-24-18-7-9-19(10-8-18)25(26)27/h3-12,24H,13-14H2,1-2H3. The quantitative estimate of drug-likeness (QED) is 0.339. The Labute approximate surface area is 177 Å². The van der Waals surface area contributed by atoms with Crippen molar-refractivity contribution in [3.8, 4) is 11.5 Å². The van der Waals surface area contributed by atoms with Gasteiger partial charge in [-0.25, -0.2) is 0 Å². The third-order valence-electron chi connectivity index (χ3n) is 4.37. The van der Waals surface area contributed by atoms with Crippen molar-refractivity contribution in [1.82, 2.24) is 0 Å². The van der Waals surface area contributed by atoms with E-state index in [2.05, 4.69) is 33.4 Å². The van der Waals surface area contributed by atoms with Gasteiger partial charge in [0, 0.05) is 24.4 Å². The molecule has 29 heavy (non-hydrogen) atoms. The smallest absolute Gasteiger partial charge is 0.269 e. The van der Waals surface area contributed by atoms with Gasteiger partial charge in [0.2, 0.25) is 0 Å². The number of ether oxygens (including phenoxy) is 2. The van der Waals surface area contributed by atoms with Crippen molar-refractivity contribution in [3.63, 3.8) is 0 Å². The van der Waals surface area contributed by atoms with E-state index in [4.69, 9.17) is 9.47 Å². The molecule has 0 atom stereocenters. The molecule has 0 amide bonds. The number of nitrogens with zero attached hydrogens (tertiary/aromatic N) is 1. The van der Waals surface area contributed by atoms with Gasteiger partial charge in [-0.05, 0) is 58.2 Å². The number of aryl methyl sites for hydroxylation is 1. The van der Waals surface area contributed by atoms with Crippen molar-refractivity contribution >= 4 is 27.3 Å². The lowest BCUT2D eigenvalue weighted by atomic mass is 10.1. The Balaban J connectivity index is 1.68. The topological polar surface area (TPSA) is 73.6 Å². The molecule has 0 spiro atoms. The lowest BCUT2D eigenvalue weighted by molar-refractivity contribution is -0.384. The predicted molar refractivity (Wildman–Crippen MR) is 117 cm³/mol. The zero-order valence-corrected chi connectivity index (χ0v) is 17.7. The summed E-state index contributed by atoms with van der Waals surface area (Å²) in [4.78, 5) is 10.3. The predicted octanol–water partition coefficient (Wildman–Crippen LogP) is 5.87. The lowest BCUT2D eigenvalue weighted by Crippen LogP contribution is -2.03. The molecule has 0 saturated carbocycles. The Hall–Kier alpha value is -3.06. The molecule has 0 heterocycles. The molecule has 0 aliphatic rings. The molecule has 0 saturated heterocycles. The maximum absolute atomic E-state index is 10.7. The molecule has 7 heteroatoms. The van der Waals surface area contributed by atoms with Gasteiger partial charge >= 0.3 is 0 Å². The van der Waals surface area contributed by atoms with E-state index in [1.165, 1.54) is 17.7 Å². The fourth-order valence-electron chi connectivity index (χ4n) is 2.76. The largest absolute Gasteiger partial charge is 0.493 e. The van der Waals surface area contributed by atoms with Crippen molar-refractivity contribution in [2.75, 3.05) is 12.4 Å². The first kappa shape index (κ1) is 20.7. The minimum absolute atomic E-state index is 0.0649. The molecule has 3 aromatic carbocycles. The second-order valence-corrected chi connectivity index (χ2v) is 7.40. The van der Waals surface area contributed by atoms with Crippen LogP contribution in [0.25, 0.3) is 0 Å². The van der Waals surface area contributed by atoms with Crippen LogP contribution >= 0.6 is 15.9 Å². The number of nitro groups is 1. The Morgan fingerprint density at radius 2 is 1.72 bits per heavy atom. The first-order valence-corrected chi connectivity index (χ1v) is 9.78. The number of non-ortho nitro benzene ring substituents is 1. The highest BCUT2D eigenvalue weighted by Gasteiger charge is 2.12. The lowest BCUT2D eigenvalue weighted by Gasteiger charge is -2.15. The van der Waals surface area contributed by atoms with E-state index in [1.807, 2.05) is 31.2 Å².